The second kappa shape index (κ2) is 4.83. The molecule has 0 bridgehead atoms. The van der Waals surface area contributed by atoms with E-state index in [1.807, 2.05) is 0 Å². The average Bonchev–Trinajstić information content (AvgIpc) is 2.48. The summed E-state index contributed by atoms with van der Waals surface area (Å²) in [7, 11) is 0. The monoisotopic (exact) mass is 168 g/mol. The van der Waals surface area contributed by atoms with Crippen molar-refractivity contribution in [2.45, 2.75) is 39.7 Å². The van der Waals surface area contributed by atoms with Crippen molar-refractivity contribution in [1.29, 1.82) is 0 Å². The molecule has 2 nitrogen and oxygen atoms in total. The largest absolute Gasteiger partial charge is 0.278 e. The summed E-state index contributed by atoms with van der Waals surface area (Å²) in [6.07, 6.45) is 2.57. The highest BCUT2D eigenvalue weighted by Gasteiger charge is 2.22. The van der Waals surface area contributed by atoms with Gasteiger partial charge in [-0.3, -0.25) is 9.80 Å². The maximum absolute atomic E-state index is 3.39. The van der Waals surface area contributed by atoms with Gasteiger partial charge in [0.1, 0.15) is 6.67 Å². The predicted molar refractivity (Wildman–Crippen MR) is 51.6 cm³/mol. The predicted octanol–water partition coefficient (Wildman–Crippen LogP) is 1.81. The molecular weight excluding hydrogens is 148 g/mol. The van der Waals surface area contributed by atoms with Crippen molar-refractivity contribution < 1.29 is 0 Å². The van der Waals surface area contributed by atoms with Crippen LogP contribution < -0.4 is 0 Å². The van der Waals surface area contributed by atoms with Crippen LogP contribution in [-0.2, 0) is 0 Å². The van der Waals surface area contributed by atoms with Crippen molar-refractivity contribution in [1.82, 2.24) is 9.80 Å². The van der Waals surface area contributed by atoms with E-state index >= 15 is 0 Å². The Hall–Kier alpha value is -0.0800. The molecule has 0 amide bonds. The van der Waals surface area contributed by atoms with Crippen LogP contribution in [0.5, 0.6) is 0 Å². The smallest absolute Gasteiger partial charge is 0.146 e. The molecule has 0 aromatic carbocycles. The molecular formula is C10H20N2. The summed E-state index contributed by atoms with van der Waals surface area (Å²) in [5, 5.41) is 0. The van der Waals surface area contributed by atoms with Gasteiger partial charge in [0, 0.05) is 25.7 Å². The molecule has 2 radical (unpaired) electrons. The lowest BCUT2D eigenvalue weighted by Gasteiger charge is -2.18. The third-order valence-electron chi connectivity index (χ3n) is 2.29. The molecule has 0 aromatic heterocycles. The normalized spacial score (nSPS) is 21.0. The molecule has 2 heteroatoms. The fourth-order valence-corrected chi connectivity index (χ4v) is 1.39. The summed E-state index contributed by atoms with van der Waals surface area (Å²) in [5.74, 6) is 0. The lowest BCUT2D eigenvalue weighted by atomic mass is 10.3. The molecule has 0 saturated carbocycles. The minimum absolute atomic E-state index is 0.608. The molecule has 0 aliphatic carbocycles. The molecule has 0 atom stereocenters. The van der Waals surface area contributed by atoms with E-state index in [9.17, 15) is 0 Å². The van der Waals surface area contributed by atoms with Gasteiger partial charge in [-0.15, -0.1) is 0 Å². The highest BCUT2D eigenvalue weighted by atomic mass is 15.4. The van der Waals surface area contributed by atoms with Gasteiger partial charge in [-0.05, 0) is 20.3 Å². The highest BCUT2D eigenvalue weighted by Crippen LogP contribution is 2.13. The number of rotatable bonds is 4. The van der Waals surface area contributed by atoms with Crippen molar-refractivity contribution in [3.8, 4) is 0 Å². The molecule has 1 fully saturated rings. The molecule has 1 heterocycles. The van der Waals surface area contributed by atoms with E-state index in [4.69, 9.17) is 0 Å². The highest BCUT2D eigenvalue weighted by molar-refractivity contribution is 4.82. The van der Waals surface area contributed by atoms with Crippen LogP contribution in [0.3, 0.4) is 0 Å². The maximum atomic E-state index is 3.39. The molecule has 0 N–H and O–H groups in total. The Balaban J connectivity index is 2.17. The SMILES string of the molecule is CCCCN1[C]N(C(C)C)CC1. The van der Waals surface area contributed by atoms with Crippen LogP contribution in [-0.4, -0.2) is 35.5 Å². The first-order valence-electron chi connectivity index (χ1n) is 5.02. The van der Waals surface area contributed by atoms with Gasteiger partial charge in [0.25, 0.3) is 0 Å². The van der Waals surface area contributed by atoms with Crippen molar-refractivity contribution in [3.05, 3.63) is 6.67 Å². The topological polar surface area (TPSA) is 6.48 Å². The molecule has 0 unspecified atom stereocenters. The zero-order chi connectivity index (χ0) is 8.97. The third-order valence-corrected chi connectivity index (χ3v) is 2.29. The van der Waals surface area contributed by atoms with Gasteiger partial charge in [-0.25, -0.2) is 0 Å². The van der Waals surface area contributed by atoms with Crippen LogP contribution in [0.4, 0.5) is 0 Å². The lowest BCUT2D eigenvalue weighted by Crippen LogP contribution is -2.26. The van der Waals surface area contributed by atoms with E-state index in [2.05, 4.69) is 37.2 Å². The number of hydrogen-bond acceptors (Lipinski definition) is 2. The minimum Gasteiger partial charge on any atom is -0.278 e. The quantitative estimate of drug-likeness (QED) is 0.631. The van der Waals surface area contributed by atoms with E-state index in [1.54, 1.807) is 0 Å². The van der Waals surface area contributed by atoms with Gasteiger partial charge < -0.3 is 0 Å². The van der Waals surface area contributed by atoms with E-state index < -0.39 is 0 Å². The zero-order valence-corrected chi connectivity index (χ0v) is 8.51. The fraction of sp³-hybridized carbons (Fsp3) is 0.900. The Labute approximate surface area is 76.5 Å². The first kappa shape index (κ1) is 10.0. The fourth-order valence-electron chi connectivity index (χ4n) is 1.39. The lowest BCUT2D eigenvalue weighted by molar-refractivity contribution is 0.279. The average molecular weight is 168 g/mol. The second-order valence-corrected chi connectivity index (χ2v) is 3.73. The first-order valence-corrected chi connectivity index (χ1v) is 5.02. The summed E-state index contributed by atoms with van der Waals surface area (Å²) in [6, 6.07) is 0.608. The van der Waals surface area contributed by atoms with Crippen LogP contribution in [0.25, 0.3) is 0 Å². The molecule has 1 saturated heterocycles. The summed E-state index contributed by atoms with van der Waals surface area (Å²) in [4.78, 5) is 4.60. The number of nitrogens with zero attached hydrogens (tertiary/aromatic N) is 2. The van der Waals surface area contributed by atoms with Crippen LogP contribution in [0.1, 0.15) is 33.6 Å². The van der Waals surface area contributed by atoms with Gasteiger partial charge >= 0.3 is 0 Å². The maximum Gasteiger partial charge on any atom is 0.146 e. The van der Waals surface area contributed by atoms with E-state index in [0.29, 0.717) is 6.04 Å². The van der Waals surface area contributed by atoms with Crippen LogP contribution in [0, 0.1) is 6.67 Å². The number of unbranched alkanes of at least 4 members (excludes halogenated alkanes) is 1. The molecule has 0 spiro atoms. The Morgan fingerprint density at radius 3 is 2.58 bits per heavy atom. The van der Waals surface area contributed by atoms with Crippen molar-refractivity contribution in [2.75, 3.05) is 19.6 Å². The Kier molecular flexibility index (Phi) is 4.02. The van der Waals surface area contributed by atoms with Crippen LogP contribution >= 0.6 is 0 Å². The third kappa shape index (κ3) is 2.76. The van der Waals surface area contributed by atoms with Crippen LogP contribution in [0.2, 0.25) is 0 Å². The van der Waals surface area contributed by atoms with Gasteiger partial charge in [0.2, 0.25) is 0 Å². The number of hydrogen-bond donors (Lipinski definition) is 0. The summed E-state index contributed by atoms with van der Waals surface area (Å²) in [5.41, 5.74) is 0. The van der Waals surface area contributed by atoms with Crippen molar-refractivity contribution in [3.63, 3.8) is 0 Å². The second-order valence-electron chi connectivity index (χ2n) is 3.73. The summed E-state index contributed by atoms with van der Waals surface area (Å²) >= 11 is 0. The van der Waals surface area contributed by atoms with E-state index in [1.165, 1.54) is 19.4 Å². The summed E-state index contributed by atoms with van der Waals surface area (Å²) < 4.78 is 0. The van der Waals surface area contributed by atoms with Gasteiger partial charge in [0.15, 0.2) is 0 Å². The Morgan fingerprint density at radius 1 is 1.33 bits per heavy atom. The minimum atomic E-state index is 0.608. The van der Waals surface area contributed by atoms with E-state index in [-0.39, 0.29) is 0 Å². The molecule has 1 rings (SSSR count). The standard InChI is InChI=1S/C10H20N2/c1-4-5-6-11-7-8-12(9-11)10(2)3/h10H,4-8H2,1-3H3. The van der Waals surface area contributed by atoms with Crippen LogP contribution in [0.15, 0.2) is 0 Å². The van der Waals surface area contributed by atoms with Gasteiger partial charge in [-0.1, -0.05) is 13.3 Å². The molecule has 1 aliphatic rings. The summed E-state index contributed by atoms with van der Waals surface area (Å²) in [6.45, 7) is 13.6. The van der Waals surface area contributed by atoms with Crippen molar-refractivity contribution in [2.24, 2.45) is 0 Å². The van der Waals surface area contributed by atoms with Crippen molar-refractivity contribution >= 4 is 0 Å². The molecule has 1 aliphatic heterocycles. The molecule has 70 valence electrons. The Morgan fingerprint density at radius 2 is 2.08 bits per heavy atom. The van der Waals surface area contributed by atoms with Gasteiger partial charge in [-0.2, -0.15) is 0 Å². The van der Waals surface area contributed by atoms with Gasteiger partial charge in [0.05, 0.1) is 0 Å². The zero-order valence-electron chi connectivity index (χ0n) is 8.51. The first-order chi connectivity index (χ1) is 5.74. The molecule has 12 heavy (non-hydrogen) atoms. The molecule has 0 aromatic rings. The Bertz CT molecular complexity index is 123. The van der Waals surface area contributed by atoms with E-state index in [0.717, 1.165) is 13.1 Å².